The highest BCUT2D eigenvalue weighted by atomic mass is 32.2. The van der Waals surface area contributed by atoms with Gasteiger partial charge in [-0.15, -0.1) is 28.2 Å². The van der Waals surface area contributed by atoms with Crippen molar-refractivity contribution >= 4 is 51.6 Å². The summed E-state index contributed by atoms with van der Waals surface area (Å²) < 4.78 is 20.5. The van der Waals surface area contributed by atoms with Gasteiger partial charge in [0.25, 0.3) is 0 Å². The monoisotopic (exact) mass is 437 g/mol. The van der Waals surface area contributed by atoms with Gasteiger partial charge >= 0.3 is 5.97 Å². The largest absolute Gasteiger partial charge is 0.598 e. The van der Waals surface area contributed by atoms with Gasteiger partial charge in [0.05, 0.1) is 6.61 Å². The van der Waals surface area contributed by atoms with E-state index in [9.17, 15) is 9.35 Å². The van der Waals surface area contributed by atoms with Gasteiger partial charge in [-0.25, -0.2) is 4.79 Å². The Kier molecular flexibility index (Phi) is 6.92. The van der Waals surface area contributed by atoms with Crippen molar-refractivity contribution in [1.29, 1.82) is 0 Å². The van der Waals surface area contributed by atoms with E-state index < -0.39 is 26.2 Å². The van der Waals surface area contributed by atoms with Crippen molar-refractivity contribution in [2.24, 2.45) is 0 Å². The van der Waals surface area contributed by atoms with E-state index in [2.05, 4.69) is 29.0 Å². The minimum Gasteiger partial charge on any atom is -0.598 e. The Balaban J connectivity index is 2.08. The summed E-state index contributed by atoms with van der Waals surface area (Å²) in [5.74, 6) is 1.47. The second-order valence-corrected chi connectivity index (χ2v) is 12.6. The lowest BCUT2D eigenvalue weighted by Gasteiger charge is -2.36. The van der Waals surface area contributed by atoms with Crippen LogP contribution in [0.15, 0.2) is 42.5 Å². The molecule has 0 saturated carbocycles. The standard InChI is InChI=1S/C21H27NO3S3/c1-5-25-19(23)21(26-12-13-27-21)18(22-28(24)20(2,3)4)17-11-10-15-8-6-7-9-16(15)14-17/h6-11,14,18,22H,5,12-13H2,1-4H3/t18-,28?/m0/s1. The SMILES string of the molecule is CCOC(=O)C1([C@@H](N[S+]([O-])C(C)(C)C)c2ccc3ccccc3c2)SCCS1. The Morgan fingerprint density at radius 2 is 1.86 bits per heavy atom. The molecule has 0 bridgehead atoms. The Morgan fingerprint density at radius 1 is 1.21 bits per heavy atom. The zero-order chi connectivity index (χ0) is 20.4. The molecule has 3 rings (SSSR count). The minimum atomic E-state index is -1.33. The number of benzene rings is 2. The summed E-state index contributed by atoms with van der Waals surface area (Å²) in [6, 6.07) is 13.9. The minimum absolute atomic E-state index is 0.251. The second-order valence-electron chi connectivity index (χ2n) is 7.62. The first-order valence-electron chi connectivity index (χ1n) is 9.40. The third-order valence-electron chi connectivity index (χ3n) is 4.54. The van der Waals surface area contributed by atoms with E-state index >= 15 is 0 Å². The van der Waals surface area contributed by atoms with E-state index in [1.807, 2.05) is 45.9 Å². The molecule has 1 aliphatic heterocycles. The molecule has 2 aromatic rings. The number of thioether (sulfide) groups is 2. The van der Waals surface area contributed by atoms with Gasteiger partial charge in [-0.3, -0.25) is 0 Å². The number of esters is 1. The molecule has 0 amide bonds. The highest BCUT2D eigenvalue weighted by Gasteiger charge is 2.54. The molecule has 0 radical (unpaired) electrons. The zero-order valence-corrected chi connectivity index (χ0v) is 19.1. The van der Waals surface area contributed by atoms with Crippen LogP contribution in [0.25, 0.3) is 10.8 Å². The van der Waals surface area contributed by atoms with Gasteiger partial charge in [0, 0.05) is 22.9 Å². The van der Waals surface area contributed by atoms with E-state index in [1.165, 1.54) is 0 Å². The fourth-order valence-corrected chi connectivity index (χ4v) is 7.31. The van der Waals surface area contributed by atoms with Crippen molar-refractivity contribution in [1.82, 2.24) is 4.72 Å². The average molecular weight is 438 g/mol. The van der Waals surface area contributed by atoms with Gasteiger partial charge in [-0.2, -0.15) is 0 Å². The number of carbonyl (C=O) groups excluding carboxylic acids is 1. The van der Waals surface area contributed by atoms with Crippen LogP contribution in [-0.2, 0) is 20.9 Å². The summed E-state index contributed by atoms with van der Waals surface area (Å²) in [7, 11) is 0. The van der Waals surface area contributed by atoms with Crippen LogP contribution < -0.4 is 4.72 Å². The molecule has 1 aliphatic rings. The maximum Gasteiger partial charge on any atom is 0.334 e. The second kappa shape index (κ2) is 8.88. The van der Waals surface area contributed by atoms with E-state index in [4.69, 9.17) is 4.74 Å². The summed E-state index contributed by atoms with van der Waals surface area (Å²) in [6.45, 7) is 7.94. The molecule has 2 atom stereocenters. The number of hydrogen-bond acceptors (Lipinski definition) is 6. The molecule has 1 fully saturated rings. The normalized spacial score (nSPS) is 18.8. The molecule has 1 heterocycles. The molecule has 152 valence electrons. The predicted molar refractivity (Wildman–Crippen MR) is 122 cm³/mol. The number of ether oxygens (including phenoxy) is 1. The van der Waals surface area contributed by atoms with Crippen LogP contribution in [0.1, 0.15) is 39.3 Å². The van der Waals surface area contributed by atoms with Crippen molar-refractivity contribution in [3.63, 3.8) is 0 Å². The molecular formula is C21H27NO3S3. The summed E-state index contributed by atoms with van der Waals surface area (Å²) in [6.07, 6.45) is 0. The predicted octanol–water partition coefficient (Wildman–Crippen LogP) is 4.67. The van der Waals surface area contributed by atoms with Crippen LogP contribution in [0.2, 0.25) is 0 Å². The van der Waals surface area contributed by atoms with Crippen molar-refractivity contribution < 1.29 is 14.1 Å². The molecule has 2 aromatic carbocycles. The highest BCUT2D eigenvalue weighted by molar-refractivity contribution is 8.22. The van der Waals surface area contributed by atoms with Crippen LogP contribution in [0.3, 0.4) is 0 Å². The Labute approximate surface area is 178 Å². The Bertz CT molecular complexity index is 831. The smallest absolute Gasteiger partial charge is 0.334 e. The van der Waals surface area contributed by atoms with Crippen LogP contribution in [0.4, 0.5) is 0 Å². The maximum absolute atomic E-state index is 13.1. The number of nitrogens with one attached hydrogen (secondary N) is 1. The van der Waals surface area contributed by atoms with Gasteiger partial charge < -0.3 is 9.29 Å². The van der Waals surface area contributed by atoms with Crippen molar-refractivity contribution in [3.8, 4) is 0 Å². The molecule has 0 spiro atoms. The van der Waals surface area contributed by atoms with Crippen molar-refractivity contribution in [3.05, 3.63) is 48.0 Å². The van der Waals surface area contributed by atoms with Crippen LogP contribution >= 0.6 is 23.5 Å². The first-order chi connectivity index (χ1) is 13.3. The fraction of sp³-hybridized carbons (Fsp3) is 0.476. The summed E-state index contributed by atoms with van der Waals surface area (Å²) in [5, 5.41) is 2.24. The molecule has 1 saturated heterocycles. The summed E-state index contributed by atoms with van der Waals surface area (Å²) in [5.41, 5.74) is 0.950. The number of carbonyl (C=O) groups is 1. The average Bonchev–Trinajstić information content (AvgIpc) is 3.16. The van der Waals surface area contributed by atoms with Gasteiger partial charge in [0.15, 0.2) is 4.08 Å². The molecule has 28 heavy (non-hydrogen) atoms. The first-order valence-corrected chi connectivity index (χ1v) is 12.5. The van der Waals surface area contributed by atoms with E-state index in [1.54, 1.807) is 23.5 Å². The molecule has 4 nitrogen and oxygen atoms in total. The zero-order valence-electron chi connectivity index (χ0n) is 16.7. The summed E-state index contributed by atoms with van der Waals surface area (Å²) >= 11 is 1.85. The molecule has 0 aliphatic carbocycles. The summed E-state index contributed by atoms with van der Waals surface area (Å²) in [4.78, 5) is 13.1. The molecular weight excluding hydrogens is 410 g/mol. The third-order valence-corrected chi connectivity index (χ3v) is 9.55. The van der Waals surface area contributed by atoms with Gasteiger partial charge in [-0.1, -0.05) is 36.4 Å². The molecule has 1 N–H and O–H groups in total. The Hall–Kier alpha value is -0.860. The quantitative estimate of drug-likeness (QED) is 0.523. The van der Waals surface area contributed by atoms with Crippen LogP contribution in [-0.4, -0.2) is 37.5 Å². The third kappa shape index (κ3) is 4.49. The molecule has 0 aromatic heterocycles. The van der Waals surface area contributed by atoms with E-state index in [-0.39, 0.29) is 5.97 Å². The lowest BCUT2D eigenvalue weighted by Crippen LogP contribution is -2.50. The lowest BCUT2D eigenvalue weighted by atomic mass is 9.99. The maximum atomic E-state index is 13.1. The van der Waals surface area contributed by atoms with Gasteiger partial charge in [0.2, 0.25) is 0 Å². The van der Waals surface area contributed by atoms with E-state index in [0.29, 0.717) is 6.61 Å². The highest BCUT2D eigenvalue weighted by Crippen LogP contribution is 2.53. The lowest BCUT2D eigenvalue weighted by molar-refractivity contribution is -0.144. The topological polar surface area (TPSA) is 61.4 Å². The van der Waals surface area contributed by atoms with Crippen molar-refractivity contribution in [2.75, 3.05) is 18.1 Å². The number of rotatable bonds is 6. The Morgan fingerprint density at radius 3 is 2.46 bits per heavy atom. The number of hydrogen-bond donors (Lipinski definition) is 1. The molecule has 1 unspecified atom stereocenters. The van der Waals surface area contributed by atoms with Crippen molar-refractivity contribution in [2.45, 2.75) is 42.6 Å². The number of fused-ring (bicyclic) bond motifs is 1. The van der Waals surface area contributed by atoms with Crippen LogP contribution in [0.5, 0.6) is 0 Å². The van der Waals surface area contributed by atoms with Gasteiger partial charge in [-0.05, 0) is 50.1 Å². The first kappa shape index (κ1) is 21.8. The van der Waals surface area contributed by atoms with E-state index in [0.717, 1.165) is 27.8 Å². The van der Waals surface area contributed by atoms with Crippen LogP contribution in [0, 0.1) is 0 Å². The fourth-order valence-electron chi connectivity index (χ4n) is 3.10. The van der Waals surface area contributed by atoms with Gasteiger partial charge in [0.1, 0.15) is 10.8 Å². The molecule has 7 heteroatoms.